The third kappa shape index (κ3) is 4.96. The molecule has 1 aromatic carbocycles. The molecule has 0 aliphatic carbocycles. The van der Waals surface area contributed by atoms with Crippen LogP contribution in [0.1, 0.15) is 18.4 Å². The molecule has 16 heavy (non-hydrogen) atoms. The largest absolute Gasteiger partial charge is 0.370 e. The Balaban J connectivity index is 2.29. The highest BCUT2D eigenvalue weighted by atomic mass is 79.9. The summed E-state index contributed by atoms with van der Waals surface area (Å²) in [5.74, 6) is -0.261. The molecule has 1 aromatic rings. The minimum absolute atomic E-state index is 0.261. The average Bonchev–Trinajstić information content (AvgIpc) is 2.20. The van der Waals surface area contributed by atoms with Gasteiger partial charge in [0.1, 0.15) is 0 Å². The van der Waals surface area contributed by atoms with E-state index in [0.29, 0.717) is 13.0 Å². The van der Waals surface area contributed by atoms with Crippen molar-refractivity contribution in [1.82, 2.24) is 5.32 Å². The average molecular weight is 306 g/mol. The van der Waals surface area contributed by atoms with Crippen LogP contribution in [0.2, 0.25) is 5.02 Å². The van der Waals surface area contributed by atoms with Gasteiger partial charge < -0.3 is 11.1 Å². The van der Waals surface area contributed by atoms with Crippen LogP contribution in [0.15, 0.2) is 22.7 Å². The van der Waals surface area contributed by atoms with Crippen LogP contribution in [0.25, 0.3) is 0 Å². The van der Waals surface area contributed by atoms with Crippen molar-refractivity contribution in [2.24, 2.45) is 5.73 Å². The molecular formula is C11H14BrClN2O. The maximum atomic E-state index is 10.5. The highest BCUT2D eigenvalue weighted by molar-refractivity contribution is 9.10. The van der Waals surface area contributed by atoms with Gasteiger partial charge in [-0.05, 0) is 30.7 Å². The summed E-state index contributed by atoms with van der Waals surface area (Å²) in [6.07, 6.45) is 1.17. The SMILES string of the molecule is NC(=O)CCCNCc1ccc(Br)cc1Cl. The Morgan fingerprint density at radius 3 is 2.88 bits per heavy atom. The maximum Gasteiger partial charge on any atom is 0.217 e. The Bertz CT molecular complexity index is 371. The first kappa shape index (κ1) is 13.5. The normalized spacial score (nSPS) is 10.4. The Hall–Kier alpha value is -0.580. The lowest BCUT2D eigenvalue weighted by Gasteiger charge is -2.06. The molecular weight excluding hydrogens is 291 g/mol. The van der Waals surface area contributed by atoms with Crippen LogP contribution in [0.3, 0.4) is 0 Å². The molecule has 0 atom stereocenters. The summed E-state index contributed by atoms with van der Waals surface area (Å²) < 4.78 is 0.968. The van der Waals surface area contributed by atoms with E-state index in [1.165, 1.54) is 0 Å². The smallest absolute Gasteiger partial charge is 0.217 e. The van der Waals surface area contributed by atoms with E-state index in [1.54, 1.807) is 0 Å². The molecule has 0 aliphatic heterocycles. The van der Waals surface area contributed by atoms with Gasteiger partial charge in [0.15, 0.2) is 0 Å². The quantitative estimate of drug-likeness (QED) is 0.793. The van der Waals surface area contributed by atoms with Gasteiger partial charge in [-0.25, -0.2) is 0 Å². The van der Waals surface area contributed by atoms with Crippen LogP contribution in [0, 0.1) is 0 Å². The van der Waals surface area contributed by atoms with Gasteiger partial charge in [0.05, 0.1) is 0 Å². The van der Waals surface area contributed by atoms with Gasteiger partial charge >= 0.3 is 0 Å². The summed E-state index contributed by atoms with van der Waals surface area (Å²) in [6, 6.07) is 5.78. The fourth-order valence-corrected chi connectivity index (χ4v) is 2.02. The standard InChI is InChI=1S/C11H14BrClN2O/c12-9-4-3-8(10(13)6-9)7-15-5-1-2-11(14)16/h3-4,6,15H,1-2,5,7H2,(H2,14,16). The molecule has 0 spiro atoms. The van der Waals surface area contributed by atoms with Gasteiger partial charge in [0.2, 0.25) is 5.91 Å². The highest BCUT2D eigenvalue weighted by Gasteiger charge is 2.00. The van der Waals surface area contributed by atoms with Crippen LogP contribution in [0.5, 0.6) is 0 Å². The Kier molecular flexibility index (Phi) is 5.80. The summed E-state index contributed by atoms with van der Waals surface area (Å²) in [5.41, 5.74) is 6.08. The highest BCUT2D eigenvalue weighted by Crippen LogP contribution is 2.20. The minimum Gasteiger partial charge on any atom is -0.370 e. The molecule has 0 aromatic heterocycles. The molecule has 3 nitrogen and oxygen atoms in total. The first-order valence-electron chi connectivity index (χ1n) is 5.02. The van der Waals surface area contributed by atoms with Gasteiger partial charge in [0.25, 0.3) is 0 Å². The number of rotatable bonds is 6. The van der Waals surface area contributed by atoms with E-state index in [-0.39, 0.29) is 5.91 Å². The lowest BCUT2D eigenvalue weighted by atomic mass is 10.2. The lowest BCUT2D eigenvalue weighted by molar-refractivity contribution is -0.118. The molecule has 0 radical (unpaired) electrons. The van der Waals surface area contributed by atoms with Crippen molar-refractivity contribution in [3.05, 3.63) is 33.3 Å². The molecule has 0 saturated heterocycles. The molecule has 0 unspecified atom stereocenters. The zero-order valence-corrected chi connectivity index (χ0v) is 11.1. The fraction of sp³-hybridized carbons (Fsp3) is 0.364. The first-order valence-corrected chi connectivity index (χ1v) is 6.19. The molecule has 88 valence electrons. The van der Waals surface area contributed by atoms with Gasteiger partial charge in [-0.1, -0.05) is 33.6 Å². The molecule has 1 amide bonds. The first-order chi connectivity index (χ1) is 7.59. The summed E-state index contributed by atoms with van der Waals surface area (Å²) in [4.78, 5) is 10.5. The molecule has 3 N–H and O–H groups in total. The van der Waals surface area contributed by atoms with E-state index in [9.17, 15) is 4.79 Å². The topological polar surface area (TPSA) is 55.1 Å². The fourth-order valence-electron chi connectivity index (χ4n) is 1.28. The molecule has 5 heteroatoms. The Labute approximate surface area is 108 Å². The third-order valence-corrected chi connectivity index (χ3v) is 2.95. The number of benzene rings is 1. The minimum atomic E-state index is -0.261. The molecule has 0 aliphatic rings. The molecule has 0 heterocycles. The van der Waals surface area contributed by atoms with Crippen molar-refractivity contribution in [1.29, 1.82) is 0 Å². The van der Waals surface area contributed by atoms with Crippen molar-refractivity contribution in [3.8, 4) is 0 Å². The van der Waals surface area contributed by atoms with Crippen LogP contribution < -0.4 is 11.1 Å². The molecule has 0 saturated carbocycles. The van der Waals surface area contributed by atoms with Crippen LogP contribution in [0.4, 0.5) is 0 Å². The number of hydrogen-bond acceptors (Lipinski definition) is 2. The van der Waals surface area contributed by atoms with Gasteiger partial charge in [0, 0.05) is 22.5 Å². The van der Waals surface area contributed by atoms with Crippen LogP contribution in [-0.2, 0) is 11.3 Å². The van der Waals surface area contributed by atoms with E-state index in [2.05, 4.69) is 21.2 Å². The number of halogens is 2. The summed E-state index contributed by atoms with van der Waals surface area (Å²) in [5, 5.41) is 3.94. The number of amides is 1. The number of nitrogens with two attached hydrogens (primary N) is 1. The second kappa shape index (κ2) is 6.89. The Morgan fingerprint density at radius 1 is 1.50 bits per heavy atom. The van der Waals surface area contributed by atoms with Crippen molar-refractivity contribution >= 4 is 33.4 Å². The van der Waals surface area contributed by atoms with Crippen molar-refractivity contribution < 1.29 is 4.79 Å². The van der Waals surface area contributed by atoms with Crippen molar-refractivity contribution in [2.45, 2.75) is 19.4 Å². The number of nitrogens with one attached hydrogen (secondary N) is 1. The van der Waals surface area contributed by atoms with Crippen molar-refractivity contribution in [2.75, 3.05) is 6.54 Å². The second-order valence-electron chi connectivity index (χ2n) is 3.48. The van der Waals surface area contributed by atoms with Gasteiger partial charge in [-0.3, -0.25) is 4.79 Å². The second-order valence-corrected chi connectivity index (χ2v) is 4.81. The van der Waals surface area contributed by atoms with E-state index in [0.717, 1.165) is 28.0 Å². The maximum absolute atomic E-state index is 10.5. The van der Waals surface area contributed by atoms with E-state index < -0.39 is 0 Å². The summed E-state index contributed by atoms with van der Waals surface area (Å²) >= 11 is 9.40. The predicted molar refractivity (Wildman–Crippen MR) is 69.3 cm³/mol. The summed E-state index contributed by atoms with van der Waals surface area (Å²) in [7, 11) is 0. The molecule has 0 fully saturated rings. The van der Waals surface area contributed by atoms with Gasteiger partial charge in [-0.2, -0.15) is 0 Å². The van der Waals surface area contributed by atoms with E-state index in [1.807, 2.05) is 18.2 Å². The lowest BCUT2D eigenvalue weighted by Crippen LogP contribution is -2.18. The van der Waals surface area contributed by atoms with E-state index >= 15 is 0 Å². The zero-order valence-electron chi connectivity index (χ0n) is 8.80. The van der Waals surface area contributed by atoms with Crippen molar-refractivity contribution in [3.63, 3.8) is 0 Å². The van der Waals surface area contributed by atoms with E-state index in [4.69, 9.17) is 17.3 Å². The number of carbonyl (C=O) groups is 1. The monoisotopic (exact) mass is 304 g/mol. The predicted octanol–water partition coefficient (Wildman–Crippen LogP) is 2.46. The molecule has 1 rings (SSSR count). The number of carbonyl (C=O) groups excluding carboxylic acids is 1. The van der Waals surface area contributed by atoms with Crippen LogP contribution >= 0.6 is 27.5 Å². The third-order valence-electron chi connectivity index (χ3n) is 2.11. The zero-order chi connectivity index (χ0) is 12.0. The number of hydrogen-bond donors (Lipinski definition) is 2. The van der Waals surface area contributed by atoms with Gasteiger partial charge in [-0.15, -0.1) is 0 Å². The summed E-state index contributed by atoms with van der Waals surface area (Å²) in [6.45, 7) is 1.46. The Morgan fingerprint density at radius 2 is 2.25 bits per heavy atom. The van der Waals surface area contributed by atoms with Crippen LogP contribution in [-0.4, -0.2) is 12.5 Å². The molecule has 0 bridgehead atoms. The number of primary amides is 1.